The average molecular weight is 434 g/mol. The van der Waals surface area contributed by atoms with Crippen LogP contribution in [0.3, 0.4) is 0 Å². The van der Waals surface area contributed by atoms with Gasteiger partial charge in [0.15, 0.2) is 0 Å². The zero-order chi connectivity index (χ0) is 22.8. The number of aromatic nitrogens is 2. The summed E-state index contributed by atoms with van der Waals surface area (Å²) >= 11 is 0. The molecule has 1 aliphatic rings. The van der Waals surface area contributed by atoms with Crippen LogP contribution < -0.4 is 9.75 Å². The average Bonchev–Trinajstić information content (AvgIpc) is 3.42. The highest BCUT2D eigenvalue weighted by Gasteiger charge is 2.29. The van der Waals surface area contributed by atoms with Crippen molar-refractivity contribution in [2.45, 2.75) is 6.92 Å². The zero-order valence-corrected chi connectivity index (χ0v) is 18.3. The van der Waals surface area contributed by atoms with Crippen molar-refractivity contribution in [3.05, 3.63) is 102 Å². The van der Waals surface area contributed by atoms with Gasteiger partial charge in [-0.15, -0.1) is 0 Å². The molecule has 4 aromatic rings. The molecule has 0 atom stereocenters. The van der Waals surface area contributed by atoms with Crippen LogP contribution in [0.1, 0.15) is 12.5 Å². The van der Waals surface area contributed by atoms with Gasteiger partial charge in [0.05, 0.1) is 35.5 Å². The molecule has 0 N–H and O–H groups in total. The molecular formula is C27H22N4O2. The largest absolute Gasteiger partial charge is 0.497 e. The van der Waals surface area contributed by atoms with Gasteiger partial charge in [-0.05, 0) is 61.5 Å². The SMILES string of the molecule is COc1ccc(-c2nn(-c3ccccc3)cc2C=C2C(=O)N(c3ccccc3)N=C2C)cc1. The number of amides is 1. The molecule has 6 nitrogen and oxygen atoms in total. The van der Waals surface area contributed by atoms with Crippen LogP contribution in [0, 0.1) is 0 Å². The van der Waals surface area contributed by atoms with Crippen LogP contribution in [-0.4, -0.2) is 28.5 Å². The van der Waals surface area contributed by atoms with E-state index in [-0.39, 0.29) is 5.91 Å². The molecule has 2 heterocycles. The summed E-state index contributed by atoms with van der Waals surface area (Å²) in [5.41, 5.74) is 5.41. The summed E-state index contributed by atoms with van der Waals surface area (Å²) in [6.45, 7) is 1.85. The Labute approximate surface area is 192 Å². The van der Waals surface area contributed by atoms with Gasteiger partial charge in [-0.25, -0.2) is 4.68 Å². The molecule has 0 saturated heterocycles. The Morgan fingerprint density at radius 1 is 0.848 bits per heavy atom. The van der Waals surface area contributed by atoms with Crippen molar-refractivity contribution < 1.29 is 9.53 Å². The van der Waals surface area contributed by atoms with Gasteiger partial charge in [0.1, 0.15) is 5.75 Å². The molecule has 162 valence electrons. The van der Waals surface area contributed by atoms with Gasteiger partial charge >= 0.3 is 0 Å². The van der Waals surface area contributed by atoms with Crippen LogP contribution in [0.2, 0.25) is 0 Å². The van der Waals surface area contributed by atoms with Gasteiger partial charge < -0.3 is 4.74 Å². The fraction of sp³-hybridized carbons (Fsp3) is 0.0741. The lowest BCUT2D eigenvalue weighted by atomic mass is 10.0. The van der Waals surface area contributed by atoms with Gasteiger partial charge in [-0.3, -0.25) is 4.79 Å². The van der Waals surface area contributed by atoms with Crippen LogP contribution >= 0.6 is 0 Å². The summed E-state index contributed by atoms with van der Waals surface area (Å²) in [6.07, 6.45) is 3.81. The minimum atomic E-state index is -0.160. The second-order valence-corrected chi connectivity index (χ2v) is 7.64. The summed E-state index contributed by atoms with van der Waals surface area (Å²) in [4.78, 5) is 13.2. The molecule has 3 aromatic carbocycles. The van der Waals surface area contributed by atoms with Gasteiger partial charge in [0.2, 0.25) is 0 Å². The van der Waals surface area contributed by atoms with Gasteiger partial charge in [-0.1, -0.05) is 36.4 Å². The third kappa shape index (κ3) is 3.94. The molecule has 0 bridgehead atoms. The Bertz CT molecular complexity index is 1350. The predicted molar refractivity (Wildman–Crippen MR) is 131 cm³/mol. The van der Waals surface area contributed by atoms with E-state index in [1.165, 1.54) is 5.01 Å². The number of hydrogen-bond donors (Lipinski definition) is 0. The molecule has 0 saturated carbocycles. The number of anilines is 1. The predicted octanol–water partition coefficient (Wildman–Crippen LogP) is 5.35. The Balaban J connectivity index is 1.59. The molecule has 0 radical (unpaired) electrons. The molecule has 0 unspecified atom stereocenters. The maximum atomic E-state index is 13.2. The van der Waals surface area contributed by atoms with Crippen LogP contribution in [0.25, 0.3) is 23.0 Å². The number of ether oxygens (including phenoxy) is 1. The molecule has 1 aromatic heterocycles. The summed E-state index contributed by atoms with van der Waals surface area (Å²) in [5.74, 6) is 0.612. The third-order valence-corrected chi connectivity index (χ3v) is 5.49. The van der Waals surface area contributed by atoms with E-state index in [1.54, 1.807) is 7.11 Å². The minimum Gasteiger partial charge on any atom is -0.497 e. The number of hydrazone groups is 1. The van der Waals surface area contributed by atoms with Crippen molar-refractivity contribution in [3.63, 3.8) is 0 Å². The fourth-order valence-corrected chi connectivity index (χ4v) is 3.76. The van der Waals surface area contributed by atoms with E-state index >= 15 is 0 Å². The summed E-state index contributed by atoms with van der Waals surface area (Å²) in [5, 5.41) is 10.8. The summed E-state index contributed by atoms with van der Waals surface area (Å²) < 4.78 is 7.12. The standard InChI is InChI=1S/C27H22N4O2/c1-19-25(27(32)31(28-19)23-11-7-4-8-12-23)17-21-18-30(22-9-5-3-6-10-22)29-26(21)20-13-15-24(33-2)16-14-20/h3-18H,1-2H3. The molecule has 0 aliphatic carbocycles. The van der Waals surface area contributed by atoms with E-state index in [4.69, 9.17) is 9.84 Å². The van der Waals surface area contributed by atoms with E-state index in [0.717, 1.165) is 33.9 Å². The van der Waals surface area contributed by atoms with Gasteiger partial charge in [0, 0.05) is 17.3 Å². The number of hydrogen-bond acceptors (Lipinski definition) is 4. The highest BCUT2D eigenvalue weighted by Crippen LogP contribution is 2.30. The van der Waals surface area contributed by atoms with Crippen LogP contribution in [0.15, 0.2) is 102 Å². The Morgan fingerprint density at radius 3 is 2.12 bits per heavy atom. The van der Waals surface area contributed by atoms with Crippen LogP contribution in [0.4, 0.5) is 5.69 Å². The number of nitrogens with zero attached hydrogens (tertiary/aromatic N) is 4. The Morgan fingerprint density at radius 2 is 1.48 bits per heavy atom. The first-order valence-electron chi connectivity index (χ1n) is 10.6. The van der Waals surface area contributed by atoms with E-state index in [9.17, 15) is 4.79 Å². The third-order valence-electron chi connectivity index (χ3n) is 5.49. The first-order valence-corrected chi connectivity index (χ1v) is 10.6. The van der Waals surface area contributed by atoms with Crippen molar-refractivity contribution in [2.75, 3.05) is 12.1 Å². The van der Waals surface area contributed by atoms with Gasteiger partial charge in [0.25, 0.3) is 5.91 Å². The number of carbonyl (C=O) groups excluding carboxylic acids is 1. The number of para-hydroxylation sites is 2. The molecule has 1 aliphatic heterocycles. The number of benzene rings is 3. The van der Waals surface area contributed by atoms with Crippen molar-refractivity contribution >= 4 is 23.4 Å². The van der Waals surface area contributed by atoms with Gasteiger partial charge in [-0.2, -0.15) is 15.2 Å². The molecule has 1 amide bonds. The maximum absolute atomic E-state index is 13.2. The van der Waals surface area contributed by atoms with Crippen LogP contribution in [-0.2, 0) is 4.79 Å². The molecule has 5 rings (SSSR count). The smallest absolute Gasteiger partial charge is 0.280 e. The molecule has 0 spiro atoms. The van der Waals surface area contributed by atoms with E-state index in [2.05, 4.69) is 5.10 Å². The van der Waals surface area contributed by atoms with Crippen molar-refractivity contribution in [2.24, 2.45) is 5.10 Å². The van der Waals surface area contributed by atoms with E-state index in [0.29, 0.717) is 11.3 Å². The van der Waals surface area contributed by atoms with E-state index < -0.39 is 0 Å². The van der Waals surface area contributed by atoms with Crippen LogP contribution in [0.5, 0.6) is 5.75 Å². The second-order valence-electron chi connectivity index (χ2n) is 7.64. The van der Waals surface area contributed by atoms with Crippen molar-refractivity contribution in [3.8, 4) is 22.7 Å². The Hall–Kier alpha value is -4.45. The topological polar surface area (TPSA) is 59.7 Å². The first-order chi connectivity index (χ1) is 16.1. The number of rotatable bonds is 5. The second kappa shape index (κ2) is 8.59. The summed E-state index contributed by atoms with van der Waals surface area (Å²) in [6, 6.07) is 27.1. The molecule has 33 heavy (non-hydrogen) atoms. The zero-order valence-electron chi connectivity index (χ0n) is 18.3. The lowest BCUT2D eigenvalue weighted by Gasteiger charge is -2.11. The highest BCUT2D eigenvalue weighted by atomic mass is 16.5. The normalized spacial score (nSPS) is 14.6. The minimum absolute atomic E-state index is 0.160. The van der Waals surface area contributed by atoms with Crippen molar-refractivity contribution in [1.29, 1.82) is 0 Å². The Kier molecular flexibility index (Phi) is 5.32. The number of carbonyl (C=O) groups is 1. The van der Waals surface area contributed by atoms with Crippen molar-refractivity contribution in [1.82, 2.24) is 9.78 Å². The summed E-state index contributed by atoms with van der Waals surface area (Å²) in [7, 11) is 1.64. The quantitative estimate of drug-likeness (QED) is 0.398. The monoisotopic (exact) mass is 434 g/mol. The highest BCUT2D eigenvalue weighted by molar-refractivity contribution is 6.32. The first kappa shape index (κ1) is 20.5. The molecular weight excluding hydrogens is 412 g/mol. The molecule has 0 fully saturated rings. The fourth-order valence-electron chi connectivity index (χ4n) is 3.76. The number of methoxy groups -OCH3 is 1. The molecule has 6 heteroatoms. The lowest BCUT2D eigenvalue weighted by Crippen LogP contribution is -2.21. The lowest BCUT2D eigenvalue weighted by molar-refractivity contribution is -0.114. The van der Waals surface area contributed by atoms with E-state index in [1.807, 2.05) is 109 Å². The maximum Gasteiger partial charge on any atom is 0.280 e.